The van der Waals surface area contributed by atoms with Gasteiger partial charge in [-0.3, -0.25) is 4.79 Å². The Hall–Kier alpha value is -0.570. The molecule has 1 aliphatic heterocycles. The van der Waals surface area contributed by atoms with Crippen LogP contribution in [0.5, 0.6) is 0 Å². The minimum absolute atomic E-state index is 0.372. The fraction of sp³-hybridized carbons (Fsp3) is 0.909. The summed E-state index contributed by atoms with van der Waals surface area (Å²) in [6, 6.07) is 0.883. The van der Waals surface area contributed by atoms with E-state index in [1.54, 1.807) is 0 Å². The summed E-state index contributed by atoms with van der Waals surface area (Å²) in [4.78, 5) is 13.8. The summed E-state index contributed by atoms with van der Waals surface area (Å²) in [5.41, 5.74) is 5.86. The van der Waals surface area contributed by atoms with Gasteiger partial charge in [0.2, 0.25) is 5.91 Å². The van der Waals surface area contributed by atoms with Crippen LogP contribution in [0.25, 0.3) is 0 Å². The van der Waals surface area contributed by atoms with E-state index < -0.39 is 0 Å². The molecule has 1 saturated carbocycles. The van der Waals surface area contributed by atoms with Crippen LogP contribution in [-0.4, -0.2) is 29.4 Å². The van der Waals surface area contributed by atoms with Crippen molar-refractivity contribution in [2.75, 3.05) is 6.54 Å². The molecule has 14 heavy (non-hydrogen) atoms. The molecule has 3 nitrogen and oxygen atoms in total. The zero-order chi connectivity index (χ0) is 9.97. The SMILES string of the molecule is NC1CCC(N2CCCCC2=O)CC1. The Morgan fingerprint density at radius 3 is 2.50 bits per heavy atom. The predicted octanol–water partition coefficient (Wildman–Crippen LogP) is 1.27. The smallest absolute Gasteiger partial charge is 0.222 e. The second-order valence-electron chi connectivity index (χ2n) is 4.61. The Morgan fingerprint density at radius 2 is 1.86 bits per heavy atom. The summed E-state index contributed by atoms with van der Waals surface area (Å²) in [6.07, 6.45) is 7.46. The molecule has 0 unspecified atom stereocenters. The lowest BCUT2D eigenvalue weighted by Gasteiger charge is -2.38. The van der Waals surface area contributed by atoms with Crippen LogP contribution in [0.2, 0.25) is 0 Å². The molecule has 0 radical (unpaired) electrons. The monoisotopic (exact) mass is 196 g/mol. The third-order valence-corrected chi connectivity index (χ3v) is 3.54. The van der Waals surface area contributed by atoms with E-state index in [2.05, 4.69) is 4.90 Å². The van der Waals surface area contributed by atoms with Crippen molar-refractivity contribution in [1.29, 1.82) is 0 Å². The lowest BCUT2D eigenvalue weighted by Crippen LogP contribution is -2.46. The van der Waals surface area contributed by atoms with Gasteiger partial charge in [0.25, 0.3) is 0 Å². The van der Waals surface area contributed by atoms with E-state index in [1.165, 1.54) is 6.42 Å². The Balaban J connectivity index is 1.90. The molecule has 1 saturated heterocycles. The van der Waals surface area contributed by atoms with E-state index >= 15 is 0 Å². The van der Waals surface area contributed by atoms with Crippen LogP contribution in [0.4, 0.5) is 0 Å². The fourth-order valence-electron chi connectivity index (χ4n) is 2.63. The van der Waals surface area contributed by atoms with Crippen molar-refractivity contribution in [2.45, 2.75) is 57.0 Å². The van der Waals surface area contributed by atoms with Crippen molar-refractivity contribution in [1.82, 2.24) is 4.90 Å². The van der Waals surface area contributed by atoms with Crippen molar-refractivity contribution in [3.8, 4) is 0 Å². The molecule has 1 aliphatic carbocycles. The highest BCUT2D eigenvalue weighted by atomic mass is 16.2. The van der Waals surface area contributed by atoms with E-state index in [-0.39, 0.29) is 0 Å². The van der Waals surface area contributed by atoms with Gasteiger partial charge in [-0.1, -0.05) is 0 Å². The molecule has 3 heteroatoms. The van der Waals surface area contributed by atoms with E-state index in [1.807, 2.05) is 0 Å². The maximum Gasteiger partial charge on any atom is 0.222 e. The number of piperidine rings is 1. The first-order valence-electron chi connectivity index (χ1n) is 5.82. The Morgan fingerprint density at radius 1 is 1.14 bits per heavy atom. The number of nitrogens with two attached hydrogens (primary N) is 1. The van der Waals surface area contributed by atoms with E-state index in [0.717, 1.165) is 45.1 Å². The van der Waals surface area contributed by atoms with Crippen LogP contribution < -0.4 is 5.73 Å². The van der Waals surface area contributed by atoms with Crippen LogP contribution in [0.3, 0.4) is 0 Å². The molecule has 2 N–H and O–H groups in total. The molecule has 1 heterocycles. The van der Waals surface area contributed by atoms with Gasteiger partial charge in [-0.25, -0.2) is 0 Å². The first-order valence-corrected chi connectivity index (χ1v) is 5.82. The summed E-state index contributed by atoms with van der Waals surface area (Å²) in [5, 5.41) is 0. The summed E-state index contributed by atoms with van der Waals surface area (Å²) < 4.78 is 0. The van der Waals surface area contributed by atoms with Gasteiger partial charge < -0.3 is 10.6 Å². The maximum atomic E-state index is 11.7. The van der Waals surface area contributed by atoms with Crippen LogP contribution in [0, 0.1) is 0 Å². The van der Waals surface area contributed by atoms with Crippen LogP contribution in [-0.2, 0) is 4.79 Å². The Bertz CT molecular complexity index is 209. The number of hydrogen-bond donors (Lipinski definition) is 1. The number of rotatable bonds is 1. The van der Waals surface area contributed by atoms with Gasteiger partial charge in [0, 0.05) is 25.0 Å². The van der Waals surface area contributed by atoms with Gasteiger partial charge >= 0.3 is 0 Å². The second-order valence-corrected chi connectivity index (χ2v) is 4.61. The van der Waals surface area contributed by atoms with Crippen LogP contribution in [0.1, 0.15) is 44.9 Å². The Kier molecular flexibility index (Phi) is 3.06. The molecule has 2 rings (SSSR count). The van der Waals surface area contributed by atoms with Crippen LogP contribution in [0.15, 0.2) is 0 Å². The number of carbonyl (C=O) groups is 1. The number of amides is 1. The molecule has 1 amide bonds. The molecular weight excluding hydrogens is 176 g/mol. The predicted molar refractivity (Wildman–Crippen MR) is 55.8 cm³/mol. The lowest BCUT2D eigenvalue weighted by molar-refractivity contribution is -0.136. The molecule has 2 aliphatic rings. The summed E-state index contributed by atoms with van der Waals surface area (Å²) in [5.74, 6) is 0.372. The number of likely N-dealkylation sites (tertiary alicyclic amines) is 1. The van der Waals surface area contributed by atoms with Gasteiger partial charge in [0.15, 0.2) is 0 Å². The van der Waals surface area contributed by atoms with Gasteiger partial charge in [0.05, 0.1) is 0 Å². The molecule has 0 aromatic carbocycles. The highest BCUT2D eigenvalue weighted by molar-refractivity contribution is 5.77. The second kappa shape index (κ2) is 4.30. The molecule has 0 bridgehead atoms. The average molecular weight is 196 g/mol. The largest absolute Gasteiger partial charge is 0.340 e. The molecule has 0 spiro atoms. The molecular formula is C11H20N2O. The lowest BCUT2D eigenvalue weighted by atomic mass is 9.89. The van der Waals surface area contributed by atoms with Crippen molar-refractivity contribution >= 4 is 5.91 Å². The topological polar surface area (TPSA) is 46.3 Å². The number of hydrogen-bond acceptors (Lipinski definition) is 2. The molecule has 0 aromatic heterocycles. The quantitative estimate of drug-likeness (QED) is 0.686. The fourth-order valence-corrected chi connectivity index (χ4v) is 2.63. The van der Waals surface area contributed by atoms with E-state index in [9.17, 15) is 4.79 Å². The van der Waals surface area contributed by atoms with Gasteiger partial charge in [0.1, 0.15) is 0 Å². The third kappa shape index (κ3) is 2.08. The summed E-state index contributed by atoms with van der Waals surface area (Å²) in [7, 11) is 0. The average Bonchev–Trinajstić information content (AvgIpc) is 2.20. The molecule has 80 valence electrons. The molecule has 0 atom stereocenters. The van der Waals surface area contributed by atoms with Crippen molar-refractivity contribution < 1.29 is 4.79 Å². The first kappa shape index (κ1) is 9.97. The minimum Gasteiger partial charge on any atom is -0.340 e. The van der Waals surface area contributed by atoms with Crippen molar-refractivity contribution in [3.63, 3.8) is 0 Å². The molecule has 2 fully saturated rings. The maximum absolute atomic E-state index is 11.7. The zero-order valence-electron chi connectivity index (χ0n) is 8.74. The highest BCUT2D eigenvalue weighted by Gasteiger charge is 2.28. The van der Waals surface area contributed by atoms with Gasteiger partial charge in [-0.05, 0) is 38.5 Å². The standard InChI is InChI=1S/C11H20N2O/c12-9-4-6-10(7-5-9)13-8-2-1-3-11(13)14/h9-10H,1-8,12H2. The van der Waals surface area contributed by atoms with Crippen LogP contribution >= 0.6 is 0 Å². The number of nitrogens with zero attached hydrogens (tertiary/aromatic N) is 1. The van der Waals surface area contributed by atoms with Gasteiger partial charge in [-0.2, -0.15) is 0 Å². The number of carbonyl (C=O) groups excluding carboxylic acids is 1. The first-order chi connectivity index (χ1) is 6.77. The minimum atomic E-state index is 0.372. The van der Waals surface area contributed by atoms with E-state index in [0.29, 0.717) is 18.0 Å². The van der Waals surface area contributed by atoms with Crippen molar-refractivity contribution in [3.05, 3.63) is 0 Å². The zero-order valence-corrected chi connectivity index (χ0v) is 8.74. The Labute approximate surface area is 85.6 Å². The highest BCUT2D eigenvalue weighted by Crippen LogP contribution is 2.25. The summed E-state index contributed by atoms with van der Waals surface area (Å²) >= 11 is 0. The van der Waals surface area contributed by atoms with Gasteiger partial charge in [-0.15, -0.1) is 0 Å². The summed E-state index contributed by atoms with van der Waals surface area (Å²) in [6.45, 7) is 0.985. The molecule has 0 aromatic rings. The third-order valence-electron chi connectivity index (χ3n) is 3.54. The normalized spacial score (nSPS) is 34.6. The van der Waals surface area contributed by atoms with E-state index in [4.69, 9.17) is 5.73 Å². The van der Waals surface area contributed by atoms with Crippen molar-refractivity contribution in [2.24, 2.45) is 5.73 Å².